The van der Waals surface area contributed by atoms with Gasteiger partial charge in [-0.1, -0.05) is 72.8 Å². The van der Waals surface area contributed by atoms with Gasteiger partial charge in [-0.15, -0.1) is 0 Å². The normalized spacial score (nSPS) is 10.9. The first-order valence-corrected chi connectivity index (χ1v) is 9.06. The number of rotatable bonds is 3. The van der Waals surface area contributed by atoms with Crippen LogP contribution >= 0.6 is 0 Å². The Bertz CT molecular complexity index is 1010. The number of hydrogen-bond donors (Lipinski definition) is 1. The molecule has 0 aliphatic heterocycles. The number of benzene rings is 3. The lowest BCUT2D eigenvalue weighted by Crippen LogP contribution is -1.90. The second-order valence-corrected chi connectivity index (χ2v) is 6.90. The van der Waals surface area contributed by atoms with Gasteiger partial charge in [0.1, 0.15) is 0 Å². The summed E-state index contributed by atoms with van der Waals surface area (Å²) in [6.07, 6.45) is 2.16. The number of aromatic amines is 1. The van der Waals surface area contributed by atoms with Crippen molar-refractivity contribution in [2.24, 2.45) is 0 Å². The van der Waals surface area contributed by atoms with E-state index in [0.29, 0.717) is 0 Å². The summed E-state index contributed by atoms with van der Waals surface area (Å²) in [5.74, 6) is 0. The first kappa shape index (κ1) is 16.4. The van der Waals surface area contributed by atoms with E-state index in [1.54, 1.807) is 0 Å². The van der Waals surface area contributed by atoms with Crippen molar-refractivity contribution in [3.63, 3.8) is 0 Å². The molecule has 1 heteroatoms. The molecule has 0 saturated heterocycles. The van der Waals surface area contributed by atoms with Gasteiger partial charge in [-0.25, -0.2) is 0 Å². The molecule has 0 aliphatic carbocycles. The highest BCUT2D eigenvalue weighted by Gasteiger charge is 2.19. The van der Waals surface area contributed by atoms with Crippen molar-refractivity contribution >= 4 is 0 Å². The van der Waals surface area contributed by atoms with Gasteiger partial charge >= 0.3 is 0 Å². The molecule has 4 rings (SSSR count). The van der Waals surface area contributed by atoms with E-state index in [9.17, 15) is 0 Å². The highest BCUT2D eigenvalue weighted by atomic mass is 14.7. The molecule has 0 atom stereocenters. The minimum Gasteiger partial charge on any atom is -0.360 e. The van der Waals surface area contributed by atoms with Gasteiger partial charge in [0, 0.05) is 22.9 Å². The highest BCUT2D eigenvalue weighted by molar-refractivity contribution is 5.95. The summed E-state index contributed by atoms with van der Waals surface area (Å²) in [7, 11) is 0. The third kappa shape index (κ3) is 2.76. The fourth-order valence-corrected chi connectivity index (χ4v) is 3.71. The van der Waals surface area contributed by atoms with Crippen LogP contribution in [0.1, 0.15) is 16.7 Å². The second-order valence-electron chi connectivity index (χ2n) is 6.90. The van der Waals surface area contributed by atoms with E-state index in [1.807, 2.05) is 0 Å². The summed E-state index contributed by atoms with van der Waals surface area (Å²) in [5.41, 5.74) is 11.4. The molecule has 26 heavy (non-hydrogen) atoms. The van der Waals surface area contributed by atoms with E-state index in [0.717, 1.165) is 0 Å². The molecular formula is C25H23N. The molecular weight excluding hydrogens is 314 g/mol. The predicted molar refractivity (Wildman–Crippen MR) is 111 cm³/mol. The van der Waals surface area contributed by atoms with Crippen molar-refractivity contribution < 1.29 is 0 Å². The topological polar surface area (TPSA) is 15.8 Å². The molecule has 128 valence electrons. The van der Waals surface area contributed by atoms with Crippen LogP contribution < -0.4 is 0 Å². The second kappa shape index (κ2) is 6.68. The standard InChI is InChI=1S/C25H23N/c1-17-10-4-7-13-20(17)23-16-26-25(22-15-9-6-12-19(22)3)24(23)21-14-8-5-11-18(21)2/h4-16,26H,1-3H3. The van der Waals surface area contributed by atoms with E-state index in [4.69, 9.17) is 0 Å². The average Bonchev–Trinajstić information content (AvgIpc) is 3.07. The van der Waals surface area contributed by atoms with Crippen molar-refractivity contribution in [1.29, 1.82) is 0 Å². The fraction of sp³-hybridized carbons (Fsp3) is 0.120. The van der Waals surface area contributed by atoms with Crippen molar-refractivity contribution in [3.8, 4) is 33.5 Å². The van der Waals surface area contributed by atoms with Gasteiger partial charge in [0.15, 0.2) is 0 Å². The smallest absolute Gasteiger partial charge is 0.0542 e. The quantitative estimate of drug-likeness (QED) is 0.417. The molecule has 1 nitrogen and oxygen atoms in total. The van der Waals surface area contributed by atoms with Crippen molar-refractivity contribution in [2.75, 3.05) is 0 Å². The van der Waals surface area contributed by atoms with Crippen LogP contribution in [-0.2, 0) is 0 Å². The van der Waals surface area contributed by atoms with E-state index in [2.05, 4.69) is 105 Å². The molecule has 1 N–H and O–H groups in total. The molecule has 0 bridgehead atoms. The number of nitrogens with one attached hydrogen (secondary N) is 1. The van der Waals surface area contributed by atoms with E-state index in [-0.39, 0.29) is 0 Å². The summed E-state index contributed by atoms with van der Waals surface area (Å²) in [6.45, 7) is 6.54. The largest absolute Gasteiger partial charge is 0.360 e. The predicted octanol–water partition coefficient (Wildman–Crippen LogP) is 6.94. The minimum atomic E-state index is 1.19. The number of H-pyrrole nitrogens is 1. The molecule has 4 aromatic rings. The third-order valence-electron chi connectivity index (χ3n) is 5.14. The zero-order chi connectivity index (χ0) is 18.1. The van der Waals surface area contributed by atoms with E-state index in [1.165, 1.54) is 50.2 Å². The maximum absolute atomic E-state index is 3.58. The Morgan fingerprint density at radius 1 is 0.500 bits per heavy atom. The first-order valence-electron chi connectivity index (χ1n) is 9.06. The summed E-state index contributed by atoms with van der Waals surface area (Å²) in [6, 6.07) is 25.8. The van der Waals surface area contributed by atoms with Crippen molar-refractivity contribution in [2.45, 2.75) is 20.8 Å². The maximum Gasteiger partial charge on any atom is 0.0542 e. The Labute approximate surface area is 155 Å². The monoisotopic (exact) mass is 337 g/mol. The maximum atomic E-state index is 3.58. The van der Waals surface area contributed by atoms with Crippen LogP contribution in [0.15, 0.2) is 79.0 Å². The zero-order valence-corrected chi connectivity index (χ0v) is 15.5. The molecule has 0 fully saturated rings. The molecule has 1 aromatic heterocycles. The Hall–Kier alpha value is -3.06. The average molecular weight is 337 g/mol. The number of aromatic nitrogens is 1. The van der Waals surface area contributed by atoms with Crippen LogP contribution in [0.5, 0.6) is 0 Å². The van der Waals surface area contributed by atoms with Crippen molar-refractivity contribution in [3.05, 3.63) is 95.7 Å². The van der Waals surface area contributed by atoms with Gasteiger partial charge in [0.2, 0.25) is 0 Å². The zero-order valence-electron chi connectivity index (χ0n) is 15.5. The molecule has 0 radical (unpaired) electrons. The SMILES string of the molecule is Cc1ccccc1-c1c[nH]c(-c2ccccc2C)c1-c1ccccc1C. The van der Waals surface area contributed by atoms with Gasteiger partial charge in [0.05, 0.1) is 5.69 Å². The van der Waals surface area contributed by atoms with Gasteiger partial charge < -0.3 is 4.98 Å². The Morgan fingerprint density at radius 2 is 0.962 bits per heavy atom. The molecule has 0 spiro atoms. The summed E-state index contributed by atoms with van der Waals surface area (Å²) >= 11 is 0. The lowest BCUT2D eigenvalue weighted by molar-refractivity contribution is 1.36. The van der Waals surface area contributed by atoms with Gasteiger partial charge in [0.25, 0.3) is 0 Å². The summed E-state index contributed by atoms with van der Waals surface area (Å²) < 4.78 is 0. The number of aryl methyl sites for hydroxylation is 3. The summed E-state index contributed by atoms with van der Waals surface area (Å²) in [5, 5.41) is 0. The lowest BCUT2D eigenvalue weighted by atomic mass is 9.89. The molecule has 1 heterocycles. The van der Waals surface area contributed by atoms with Crippen molar-refractivity contribution in [1.82, 2.24) is 4.98 Å². The summed E-state index contributed by atoms with van der Waals surface area (Å²) in [4.78, 5) is 3.58. The van der Waals surface area contributed by atoms with Crippen LogP contribution in [0.3, 0.4) is 0 Å². The number of hydrogen-bond acceptors (Lipinski definition) is 0. The van der Waals surface area contributed by atoms with E-state index < -0.39 is 0 Å². The Morgan fingerprint density at radius 3 is 1.50 bits per heavy atom. The third-order valence-corrected chi connectivity index (χ3v) is 5.14. The van der Waals surface area contributed by atoms with Gasteiger partial charge in [-0.05, 0) is 48.6 Å². The first-order chi connectivity index (χ1) is 12.7. The molecule has 0 aliphatic rings. The van der Waals surface area contributed by atoms with Gasteiger partial charge in [-0.2, -0.15) is 0 Å². The molecule has 0 unspecified atom stereocenters. The van der Waals surface area contributed by atoms with Crippen LogP contribution in [0.2, 0.25) is 0 Å². The molecule has 0 saturated carbocycles. The van der Waals surface area contributed by atoms with Crippen LogP contribution in [0.25, 0.3) is 33.5 Å². The van der Waals surface area contributed by atoms with E-state index >= 15 is 0 Å². The highest BCUT2D eigenvalue weighted by Crippen LogP contribution is 2.42. The lowest BCUT2D eigenvalue weighted by Gasteiger charge is -2.13. The van der Waals surface area contributed by atoms with Crippen LogP contribution in [0, 0.1) is 20.8 Å². The molecule has 0 amide bonds. The Balaban J connectivity index is 2.05. The molecule has 3 aromatic carbocycles. The minimum absolute atomic E-state index is 1.19. The Kier molecular flexibility index (Phi) is 4.22. The fourth-order valence-electron chi connectivity index (χ4n) is 3.71. The van der Waals surface area contributed by atoms with Crippen LogP contribution in [0.4, 0.5) is 0 Å². The van der Waals surface area contributed by atoms with Gasteiger partial charge in [-0.3, -0.25) is 0 Å². The van der Waals surface area contributed by atoms with Crippen LogP contribution in [-0.4, -0.2) is 4.98 Å².